The lowest BCUT2D eigenvalue weighted by Gasteiger charge is -2.37. The molecule has 1 spiro atoms. The zero-order chi connectivity index (χ0) is 11.6. The van der Waals surface area contributed by atoms with E-state index in [1.54, 1.807) is 0 Å². The van der Waals surface area contributed by atoms with Crippen molar-refractivity contribution in [1.29, 1.82) is 0 Å². The maximum absolute atomic E-state index is 12.2. The third-order valence-electron chi connectivity index (χ3n) is 3.57. The number of ether oxygens (including phenoxy) is 2. The summed E-state index contributed by atoms with van der Waals surface area (Å²) in [7, 11) is -0.834. The van der Waals surface area contributed by atoms with Crippen LogP contribution in [0.25, 0.3) is 0 Å². The van der Waals surface area contributed by atoms with Gasteiger partial charge in [0.15, 0.2) is 0 Å². The Kier molecular flexibility index (Phi) is 4.00. The Labute approximate surface area is 99.3 Å². The fraction of sp³-hybridized carbons (Fsp3) is 1.00. The zero-order valence-corrected chi connectivity index (χ0v) is 10.6. The second kappa shape index (κ2) is 5.12. The molecule has 0 radical (unpaired) electrons. The molecule has 0 aromatic heterocycles. The Hall–Kier alpha value is 0.0300. The average molecular weight is 247 g/mol. The van der Waals surface area contributed by atoms with Gasteiger partial charge in [-0.2, -0.15) is 0 Å². The molecule has 0 amide bonds. The van der Waals surface area contributed by atoms with E-state index < -0.39 is 10.8 Å². The molecule has 0 aromatic carbocycles. The van der Waals surface area contributed by atoms with Crippen molar-refractivity contribution in [3.8, 4) is 0 Å². The van der Waals surface area contributed by atoms with Crippen molar-refractivity contribution in [1.82, 2.24) is 0 Å². The summed E-state index contributed by atoms with van der Waals surface area (Å²) in [6.07, 6.45) is 2.69. The molecule has 4 nitrogen and oxygen atoms in total. The second-order valence-corrected chi connectivity index (χ2v) is 6.95. The SMILES string of the molecule is CC(CN)S(=O)C1CCOC2(CCOC2)C1. The first-order chi connectivity index (χ1) is 7.67. The van der Waals surface area contributed by atoms with E-state index in [1.807, 2.05) is 6.92 Å². The van der Waals surface area contributed by atoms with Crippen LogP contribution in [0.2, 0.25) is 0 Å². The van der Waals surface area contributed by atoms with Crippen LogP contribution in [-0.2, 0) is 20.3 Å². The van der Waals surface area contributed by atoms with Crippen molar-refractivity contribution >= 4 is 10.8 Å². The van der Waals surface area contributed by atoms with Gasteiger partial charge in [-0.3, -0.25) is 4.21 Å². The monoisotopic (exact) mass is 247 g/mol. The lowest BCUT2D eigenvalue weighted by atomic mass is 9.93. The Morgan fingerprint density at radius 1 is 1.56 bits per heavy atom. The summed E-state index contributed by atoms with van der Waals surface area (Å²) in [5, 5.41) is 0.316. The summed E-state index contributed by atoms with van der Waals surface area (Å²) < 4.78 is 23.4. The highest BCUT2D eigenvalue weighted by Gasteiger charge is 2.43. The van der Waals surface area contributed by atoms with Crippen molar-refractivity contribution in [2.24, 2.45) is 5.73 Å². The fourth-order valence-corrected chi connectivity index (χ4v) is 4.11. The van der Waals surface area contributed by atoms with E-state index in [4.69, 9.17) is 15.2 Å². The number of nitrogens with two attached hydrogens (primary N) is 1. The lowest BCUT2D eigenvalue weighted by Crippen LogP contribution is -2.45. The Morgan fingerprint density at radius 2 is 2.38 bits per heavy atom. The molecule has 0 bridgehead atoms. The lowest BCUT2D eigenvalue weighted by molar-refractivity contribution is -0.0774. The van der Waals surface area contributed by atoms with Crippen LogP contribution < -0.4 is 5.73 Å². The molecule has 2 saturated heterocycles. The smallest absolute Gasteiger partial charge is 0.0948 e. The van der Waals surface area contributed by atoms with E-state index in [0.717, 1.165) is 25.9 Å². The highest BCUT2D eigenvalue weighted by Crippen LogP contribution is 2.35. The van der Waals surface area contributed by atoms with E-state index in [9.17, 15) is 4.21 Å². The summed E-state index contributed by atoms with van der Waals surface area (Å²) in [4.78, 5) is 0. The summed E-state index contributed by atoms with van der Waals surface area (Å²) in [6.45, 7) is 4.59. The van der Waals surface area contributed by atoms with Gasteiger partial charge in [0.25, 0.3) is 0 Å². The first-order valence-electron chi connectivity index (χ1n) is 5.98. The molecule has 16 heavy (non-hydrogen) atoms. The molecule has 2 fully saturated rings. The van der Waals surface area contributed by atoms with Crippen LogP contribution in [0.3, 0.4) is 0 Å². The van der Waals surface area contributed by atoms with Gasteiger partial charge in [-0.05, 0) is 19.8 Å². The normalized spacial score (nSPS) is 38.8. The largest absolute Gasteiger partial charge is 0.378 e. The first-order valence-corrected chi connectivity index (χ1v) is 7.26. The van der Waals surface area contributed by atoms with Gasteiger partial charge in [-0.15, -0.1) is 0 Å². The predicted molar refractivity (Wildman–Crippen MR) is 63.8 cm³/mol. The first kappa shape index (κ1) is 12.5. The third-order valence-corrected chi connectivity index (χ3v) is 5.62. The van der Waals surface area contributed by atoms with E-state index in [0.29, 0.717) is 19.8 Å². The highest BCUT2D eigenvalue weighted by molar-refractivity contribution is 7.86. The van der Waals surface area contributed by atoms with Crippen molar-refractivity contribution in [3.05, 3.63) is 0 Å². The summed E-state index contributed by atoms with van der Waals surface area (Å²) in [5.74, 6) is 0. The maximum Gasteiger partial charge on any atom is 0.0948 e. The molecular formula is C11H21NO3S. The van der Waals surface area contributed by atoms with Gasteiger partial charge in [0.2, 0.25) is 0 Å². The molecule has 2 N–H and O–H groups in total. The Balaban J connectivity index is 1.98. The van der Waals surface area contributed by atoms with Gasteiger partial charge in [0.1, 0.15) is 0 Å². The van der Waals surface area contributed by atoms with Crippen LogP contribution >= 0.6 is 0 Å². The topological polar surface area (TPSA) is 61.6 Å². The van der Waals surface area contributed by atoms with E-state index in [1.165, 1.54) is 0 Å². The van der Waals surface area contributed by atoms with E-state index >= 15 is 0 Å². The molecule has 0 aliphatic carbocycles. The minimum absolute atomic E-state index is 0.0856. The molecule has 4 atom stereocenters. The minimum atomic E-state index is -0.834. The second-order valence-electron chi connectivity index (χ2n) is 4.82. The summed E-state index contributed by atoms with van der Waals surface area (Å²) in [6, 6.07) is 0. The molecule has 2 aliphatic heterocycles. The number of rotatable bonds is 3. The molecule has 2 rings (SSSR count). The Bertz CT molecular complexity index is 266. The minimum Gasteiger partial charge on any atom is -0.378 e. The van der Waals surface area contributed by atoms with E-state index in [2.05, 4.69) is 0 Å². The average Bonchev–Trinajstić information content (AvgIpc) is 2.75. The molecule has 0 saturated carbocycles. The van der Waals surface area contributed by atoms with Crippen LogP contribution in [0.5, 0.6) is 0 Å². The summed E-state index contributed by atoms with van der Waals surface area (Å²) in [5.41, 5.74) is 5.43. The van der Waals surface area contributed by atoms with Gasteiger partial charge >= 0.3 is 0 Å². The van der Waals surface area contributed by atoms with Gasteiger partial charge in [0, 0.05) is 47.5 Å². The molecular weight excluding hydrogens is 226 g/mol. The third kappa shape index (κ3) is 2.47. The molecule has 0 aromatic rings. The van der Waals surface area contributed by atoms with Crippen LogP contribution in [0.1, 0.15) is 26.2 Å². The van der Waals surface area contributed by atoms with Crippen molar-refractivity contribution < 1.29 is 13.7 Å². The fourth-order valence-electron chi connectivity index (χ4n) is 2.47. The molecule has 94 valence electrons. The van der Waals surface area contributed by atoms with Gasteiger partial charge in [0.05, 0.1) is 12.2 Å². The van der Waals surface area contributed by atoms with Crippen LogP contribution in [0.15, 0.2) is 0 Å². The van der Waals surface area contributed by atoms with Gasteiger partial charge in [-0.25, -0.2) is 0 Å². The zero-order valence-electron chi connectivity index (χ0n) is 9.81. The molecule has 5 heteroatoms. The maximum atomic E-state index is 12.2. The standard InChI is InChI=1S/C11H21NO3S/c1-9(7-12)16(13)10-2-4-15-11(6-10)3-5-14-8-11/h9-10H,2-8,12H2,1H3. The van der Waals surface area contributed by atoms with Crippen molar-refractivity contribution in [2.75, 3.05) is 26.4 Å². The van der Waals surface area contributed by atoms with Crippen molar-refractivity contribution in [3.63, 3.8) is 0 Å². The summed E-state index contributed by atoms with van der Waals surface area (Å²) >= 11 is 0. The van der Waals surface area contributed by atoms with Crippen molar-refractivity contribution in [2.45, 2.75) is 42.3 Å². The van der Waals surface area contributed by atoms with Gasteiger partial charge < -0.3 is 15.2 Å². The molecule has 2 heterocycles. The van der Waals surface area contributed by atoms with Crippen LogP contribution in [0, 0.1) is 0 Å². The Morgan fingerprint density at radius 3 is 3.00 bits per heavy atom. The number of hydrogen-bond acceptors (Lipinski definition) is 4. The molecule has 4 unspecified atom stereocenters. The number of hydrogen-bond donors (Lipinski definition) is 1. The highest BCUT2D eigenvalue weighted by atomic mass is 32.2. The predicted octanol–water partition coefficient (Wildman–Crippen LogP) is 0.420. The quantitative estimate of drug-likeness (QED) is 0.785. The van der Waals surface area contributed by atoms with Crippen LogP contribution in [-0.4, -0.2) is 46.7 Å². The molecule has 2 aliphatic rings. The van der Waals surface area contributed by atoms with E-state index in [-0.39, 0.29) is 16.1 Å². The van der Waals surface area contributed by atoms with Gasteiger partial charge in [-0.1, -0.05) is 0 Å². The van der Waals surface area contributed by atoms with Crippen LogP contribution in [0.4, 0.5) is 0 Å².